The van der Waals surface area contributed by atoms with Crippen LogP contribution in [-0.2, 0) is 9.53 Å². The van der Waals surface area contributed by atoms with Crippen LogP contribution in [0.5, 0.6) is 5.75 Å². The van der Waals surface area contributed by atoms with E-state index in [4.69, 9.17) is 14.6 Å². The fraction of sp³-hybridized carbons (Fsp3) is 0.438. The highest BCUT2D eigenvalue weighted by Gasteiger charge is 2.38. The summed E-state index contributed by atoms with van der Waals surface area (Å²) in [6.45, 7) is -0.783. The van der Waals surface area contributed by atoms with Crippen molar-refractivity contribution in [2.75, 3.05) is 32.9 Å². The third kappa shape index (κ3) is 8.91. The van der Waals surface area contributed by atoms with E-state index in [0.29, 0.717) is 5.75 Å². The molecule has 12 heteroatoms. The summed E-state index contributed by atoms with van der Waals surface area (Å²) in [7, 11) is 0. The maximum absolute atomic E-state index is 12.0. The van der Waals surface area contributed by atoms with Crippen LogP contribution in [0.1, 0.15) is 10.4 Å². The number of aliphatic hydroxyl groups excluding tert-OH is 1. The molecule has 2 amide bonds. The second-order valence-corrected chi connectivity index (χ2v) is 5.30. The monoisotopic (exact) mass is 421 g/mol. The van der Waals surface area contributed by atoms with Gasteiger partial charge in [0.1, 0.15) is 12.4 Å². The van der Waals surface area contributed by atoms with Gasteiger partial charge in [-0.2, -0.15) is 18.2 Å². The summed E-state index contributed by atoms with van der Waals surface area (Å²) in [6, 6.07) is 6.01. The van der Waals surface area contributed by atoms with Gasteiger partial charge in [-0.3, -0.25) is 9.59 Å². The molecule has 1 atom stereocenters. The van der Waals surface area contributed by atoms with Gasteiger partial charge in [-0.1, -0.05) is 6.07 Å². The number of nitrogens with one attached hydrogen (secondary N) is 2. The highest BCUT2D eigenvalue weighted by atomic mass is 32.1. The minimum atomic E-state index is -4.97. The van der Waals surface area contributed by atoms with Crippen molar-refractivity contribution in [1.29, 1.82) is 0 Å². The van der Waals surface area contributed by atoms with E-state index in [1.807, 2.05) is 0 Å². The molecule has 154 valence electrons. The summed E-state index contributed by atoms with van der Waals surface area (Å²) in [5.41, 5.74) is 0.200. The van der Waals surface area contributed by atoms with E-state index in [0.717, 1.165) is 0 Å². The molecule has 1 unspecified atom stereocenters. The summed E-state index contributed by atoms with van der Waals surface area (Å²) < 4.78 is 46.7. The molecular formula is C16H18F3N3O5S. The van der Waals surface area contributed by atoms with Crippen molar-refractivity contribution in [1.82, 2.24) is 10.6 Å². The Kier molecular flexibility index (Phi) is 10.1. The number of thiocarbonyl (C=S) groups is 1. The molecule has 0 aromatic heterocycles. The van der Waals surface area contributed by atoms with Crippen molar-refractivity contribution in [3.8, 4) is 5.75 Å². The van der Waals surface area contributed by atoms with Gasteiger partial charge >= 0.3 is 12.1 Å². The Labute approximate surface area is 163 Å². The Morgan fingerprint density at radius 3 is 2.64 bits per heavy atom. The molecular weight excluding hydrogens is 403 g/mol. The number of benzene rings is 1. The lowest BCUT2D eigenvalue weighted by atomic mass is 10.2. The number of ether oxygens (including phenoxy) is 2. The number of halogens is 3. The van der Waals surface area contributed by atoms with Crippen LogP contribution in [0.2, 0.25) is 0 Å². The molecule has 0 radical (unpaired) electrons. The van der Waals surface area contributed by atoms with Gasteiger partial charge in [0.05, 0.1) is 18.4 Å². The predicted octanol–water partition coefficient (Wildman–Crippen LogP) is 0.911. The van der Waals surface area contributed by atoms with Crippen molar-refractivity contribution in [2.45, 2.75) is 12.4 Å². The van der Waals surface area contributed by atoms with Crippen LogP contribution in [0.4, 0.5) is 13.2 Å². The third-order valence-electron chi connectivity index (χ3n) is 3.04. The number of alkyl halides is 3. The lowest BCUT2D eigenvalue weighted by molar-refractivity contribution is -0.173. The number of amides is 2. The molecule has 0 saturated heterocycles. The first-order valence-electron chi connectivity index (χ1n) is 7.93. The van der Waals surface area contributed by atoms with Crippen LogP contribution in [0.25, 0.3) is 0 Å². The molecule has 0 aliphatic heterocycles. The third-order valence-corrected chi connectivity index (χ3v) is 3.15. The van der Waals surface area contributed by atoms with Crippen molar-refractivity contribution < 1.29 is 37.3 Å². The molecule has 0 aliphatic rings. The zero-order valence-electron chi connectivity index (χ0n) is 14.5. The van der Waals surface area contributed by atoms with Crippen molar-refractivity contribution in [3.63, 3.8) is 0 Å². The summed E-state index contributed by atoms with van der Waals surface area (Å²) in [4.78, 5) is 26.4. The molecule has 0 fully saturated rings. The van der Waals surface area contributed by atoms with Gasteiger partial charge in [-0.15, -0.1) is 0 Å². The molecule has 0 aliphatic carbocycles. The Bertz CT molecular complexity index is 711. The minimum Gasteiger partial charge on any atom is -0.489 e. The molecule has 0 bridgehead atoms. The first kappa shape index (κ1) is 23.5. The summed E-state index contributed by atoms with van der Waals surface area (Å²) >= 11 is 4.50. The molecule has 1 aromatic carbocycles. The lowest BCUT2D eigenvalue weighted by Crippen LogP contribution is -2.41. The molecule has 0 heterocycles. The molecule has 1 aromatic rings. The van der Waals surface area contributed by atoms with Crippen LogP contribution in [0.3, 0.4) is 0 Å². The molecule has 1 rings (SSSR count). The van der Waals surface area contributed by atoms with E-state index in [1.54, 1.807) is 17.4 Å². The number of hydrogen-bond donors (Lipinski definition) is 3. The smallest absolute Gasteiger partial charge is 0.471 e. The van der Waals surface area contributed by atoms with Crippen molar-refractivity contribution in [2.24, 2.45) is 4.99 Å². The number of hydrogen-bond acceptors (Lipinski definition) is 7. The maximum Gasteiger partial charge on any atom is 0.471 e. The van der Waals surface area contributed by atoms with E-state index >= 15 is 0 Å². The fourth-order valence-electron chi connectivity index (χ4n) is 1.82. The fourth-order valence-corrected chi connectivity index (χ4v) is 1.94. The zero-order chi connectivity index (χ0) is 21.0. The molecule has 3 N–H and O–H groups in total. The van der Waals surface area contributed by atoms with E-state index in [2.05, 4.69) is 27.7 Å². The van der Waals surface area contributed by atoms with E-state index in [-0.39, 0.29) is 38.5 Å². The van der Waals surface area contributed by atoms with Crippen LogP contribution < -0.4 is 15.4 Å². The minimum absolute atomic E-state index is 0.0296. The number of carbonyl (C=O) groups is 2. The number of aliphatic imine (C=N–C) groups is 1. The van der Waals surface area contributed by atoms with E-state index < -0.39 is 24.2 Å². The quantitative estimate of drug-likeness (QED) is 0.278. The molecule has 0 saturated carbocycles. The van der Waals surface area contributed by atoms with Gasteiger partial charge in [0.25, 0.3) is 5.91 Å². The van der Waals surface area contributed by atoms with E-state index in [9.17, 15) is 22.8 Å². The van der Waals surface area contributed by atoms with Gasteiger partial charge in [-0.25, -0.2) is 0 Å². The van der Waals surface area contributed by atoms with Crippen molar-refractivity contribution in [3.05, 3.63) is 29.8 Å². The van der Waals surface area contributed by atoms with E-state index in [1.165, 1.54) is 12.1 Å². The van der Waals surface area contributed by atoms with Crippen molar-refractivity contribution >= 4 is 29.2 Å². The number of aliphatic hydroxyl groups is 1. The Hall–Kier alpha value is -2.53. The Balaban J connectivity index is 2.51. The zero-order valence-corrected chi connectivity index (χ0v) is 15.3. The molecule has 8 nitrogen and oxygen atoms in total. The van der Waals surface area contributed by atoms with Gasteiger partial charge in [-0.05, 0) is 30.4 Å². The number of isothiocyanates is 1. The summed E-state index contributed by atoms with van der Waals surface area (Å²) in [6.07, 6.45) is -5.75. The second-order valence-electron chi connectivity index (χ2n) is 5.12. The highest BCUT2D eigenvalue weighted by Crippen LogP contribution is 2.15. The highest BCUT2D eigenvalue weighted by molar-refractivity contribution is 7.78. The standard InChI is InChI=1S/C16H18F3N3O5S/c17-16(18,19)15(25)21-5-4-20-14(24)11-2-1-3-12(8-11)27-9-13(22-10-28)26-7-6-23/h1-3,8,13,23H,4-7,9H2,(H,20,24)(H,21,25). The SMILES string of the molecule is O=C(NCCNC(=O)C(F)(F)F)c1cccc(OCC(N=C=S)OCCO)c1. The summed E-state index contributed by atoms with van der Waals surface area (Å²) in [5, 5.41) is 14.9. The van der Waals surface area contributed by atoms with Crippen LogP contribution in [0.15, 0.2) is 29.3 Å². The average Bonchev–Trinajstić information content (AvgIpc) is 2.66. The van der Waals surface area contributed by atoms with Crippen LogP contribution >= 0.6 is 12.2 Å². The first-order valence-corrected chi connectivity index (χ1v) is 8.34. The topological polar surface area (TPSA) is 109 Å². The molecule has 0 spiro atoms. The predicted molar refractivity (Wildman–Crippen MR) is 95.2 cm³/mol. The first-order chi connectivity index (χ1) is 13.3. The summed E-state index contributed by atoms with van der Waals surface area (Å²) in [5.74, 6) is -2.32. The van der Waals surface area contributed by atoms with Crippen LogP contribution in [0, 0.1) is 0 Å². The van der Waals surface area contributed by atoms with Gasteiger partial charge in [0.15, 0.2) is 6.23 Å². The van der Waals surface area contributed by atoms with Crippen LogP contribution in [-0.4, -0.2) is 67.4 Å². The van der Waals surface area contributed by atoms with Gasteiger partial charge < -0.3 is 25.2 Å². The Morgan fingerprint density at radius 1 is 1.29 bits per heavy atom. The Morgan fingerprint density at radius 2 is 2.00 bits per heavy atom. The largest absolute Gasteiger partial charge is 0.489 e. The maximum atomic E-state index is 12.0. The molecule has 28 heavy (non-hydrogen) atoms. The van der Waals surface area contributed by atoms with Gasteiger partial charge in [0.2, 0.25) is 0 Å². The number of rotatable bonds is 11. The number of carbonyl (C=O) groups excluding carboxylic acids is 2. The number of nitrogens with zero attached hydrogens (tertiary/aromatic N) is 1. The normalized spacial score (nSPS) is 11.9. The second kappa shape index (κ2) is 12.0. The lowest BCUT2D eigenvalue weighted by Gasteiger charge is -2.14. The average molecular weight is 421 g/mol. The van der Waals surface area contributed by atoms with Gasteiger partial charge in [0, 0.05) is 18.7 Å².